The molecule has 0 aliphatic rings. The third-order valence-corrected chi connectivity index (χ3v) is 2.42. The average molecular weight is 339 g/mol. The van der Waals surface area contributed by atoms with E-state index in [1.807, 2.05) is 0 Å². The average Bonchev–Trinajstić information content (AvgIpc) is 2.33. The summed E-state index contributed by atoms with van der Waals surface area (Å²) in [6.45, 7) is 11.3. The molecule has 1 rings (SSSR count). The first-order chi connectivity index (χ1) is 10.8. The van der Waals surface area contributed by atoms with Gasteiger partial charge in [-0.3, -0.25) is 0 Å². The predicted octanol–water partition coefficient (Wildman–Crippen LogP) is 2.95. The largest absolute Gasteiger partial charge is 0.443 e. The molecule has 1 N–H and O–H groups in total. The van der Waals surface area contributed by atoms with Gasteiger partial charge in [0.1, 0.15) is 17.0 Å². The van der Waals surface area contributed by atoms with Gasteiger partial charge in [0.05, 0.1) is 12.3 Å². The van der Waals surface area contributed by atoms with Crippen LogP contribution in [0.25, 0.3) is 0 Å². The third kappa shape index (κ3) is 6.11. The highest BCUT2D eigenvalue weighted by atomic mass is 16.6. The van der Waals surface area contributed by atoms with Gasteiger partial charge >= 0.3 is 12.2 Å². The summed E-state index contributed by atoms with van der Waals surface area (Å²) in [6.07, 6.45) is -1.84. The van der Waals surface area contributed by atoms with E-state index < -0.39 is 23.4 Å². The van der Waals surface area contributed by atoms with E-state index in [1.54, 1.807) is 48.5 Å². The van der Waals surface area contributed by atoms with Gasteiger partial charge in [-0.05, 0) is 48.5 Å². The molecule has 0 saturated carbocycles. The molecule has 1 heterocycles. The first-order valence-electron chi connectivity index (χ1n) is 7.54. The fourth-order valence-electron chi connectivity index (χ4n) is 1.68. The molecule has 8 nitrogen and oxygen atoms in total. The number of anilines is 1. The van der Waals surface area contributed by atoms with Gasteiger partial charge in [-0.15, -0.1) is 0 Å². The Kier molecular flexibility index (Phi) is 5.89. The standard InChI is InChI=1S/C16H25N3O5/c1-10-17-11(9-20)8-12(18-10)19(13(21)23-15(2,3)4)14(22)24-16(5,6)7/h8,20H,9H2,1-7H3. The minimum absolute atomic E-state index is 0.0185. The zero-order valence-electron chi connectivity index (χ0n) is 15.2. The van der Waals surface area contributed by atoms with E-state index in [-0.39, 0.29) is 18.1 Å². The number of carbonyl (C=O) groups is 2. The number of aryl methyl sites for hydroxylation is 1. The SMILES string of the molecule is Cc1nc(CO)cc(N(C(=O)OC(C)(C)C)C(=O)OC(C)(C)C)n1. The van der Waals surface area contributed by atoms with Crippen molar-refractivity contribution in [1.82, 2.24) is 9.97 Å². The highest BCUT2D eigenvalue weighted by molar-refractivity contribution is 6.08. The van der Waals surface area contributed by atoms with Crippen LogP contribution in [0.1, 0.15) is 53.1 Å². The van der Waals surface area contributed by atoms with E-state index in [4.69, 9.17) is 9.47 Å². The molecular weight excluding hydrogens is 314 g/mol. The topological polar surface area (TPSA) is 102 Å². The lowest BCUT2D eigenvalue weighted by atomic mass is 10.2. The van der Waals surface area contributed by atoms with Gasteiger partial charge in [-0.1, -0.05) is 0 Å². The molecule has 1 aromatic heterocycles. The highest BCUT2D eigenvalue weighted by Crippen LogP contribution is 2.21. The van der Waals surface area contributed by atoms with E-state index in [0.717, 1.165) is 0 Å². The van der Waals surface area contributed by atoms with Gasteiger partial charge in [0.15, 0.2) is 5.82 Å². The third-order valence-electron chi connectivity index (χ3n) is 2.42. The Hall–Kier alpha value is -2.22. The number of aliphatic hydroxyl groups excluding tert-OH is 1. The molecule has 0 unspecified atom stereocenters. The molecule has 0 fully saturated rings. The fourth-order valence-corrected chi connectivity index (χ4v) is 1.68. The molecule has 8 heteroatoms. The van der Waals surface area contributed by atoms with Gasteiger partial charge < -0.3 is 14.6 Å². The minimum Gasteiger partial charge on any atom is -0.443 e. The first-order valence-corrected chi connectivity index (χ1v) is 7.54. The quantitative estimate of drug-likeness (QED) is 0.883. The lowest BCUT2D eigenvalue weighted by Crippen LogP contribution is -2.44. The summed E-state index contributed by atoms with van der Waals surface area (Å²) in [6, 6.07) is 1.33. The predicted molar refractivity (Wildman–Crippen MR) is 87.6 cm³/mol. The highest BCUT2D eigenvalue weighted by Gasteiger charge is 2.33. The summed E-state index contributed by atoms with van der Waals surface area (Å²) in [5.74, 6) is 0.281. The van der Waals surface area contributed by atoms with Crippen molar-refractivity contribution < 1.29 is 24.2 Å². The molecular formula is C16H25N3O5. The number of rotatable bonds is 2. The summed E-state index contributed by atoms with van der Waals surface area (Å²) in [7, 11) is 0. The van der Waals surface area contributed by atoms with E-state index >= 15 is 0 Å². The van der Waals surface area contributed by atoms with E-state index in [1.165, 1.54) is 6.07 Å². The second-order valence-electron chi connectivity index (χ2n) is 7.22. The number of hydrogen-bond acceptors (Lipinski definition) is 7. The fraction of sp³-hybridized carbons (Fsp3) is 0.625. The molecule has 0 aliphatic carbocycles. The summed E-state index contributed by atoms with van der Waals surface area (Å²) >= 11 is 0. The second kappa shape index (κ2) is 7.12. The Morgan fingerprint density at radius 2 is 1.50 bits per heavy atom. The molecule has 0 bridgehead atoms. The van der Waals surface area contributed by atoms with Crippen LogP contribution in [0.3, 0.4) is 0 Å². The van der Waals surface area contributed by atoms with Crippen molar-refractivity contribution in [3.63, 3.8) is 0 Å². The maximum absolute atomic E-state index is 12.5. The maximum Gasteiger partial charge on any atom is 0.425 e. The van der Waals surface area contributed by atoms with Crippen molar-refractivity contribution in [3.8, 4) is 0 Å². The molecule has 1 aromatic rings. The molecule has 0 saturated heterocycles. The van der Waals surface area contributed by atoms with Crippen molar-refractivity contribution in [3.05, 3.63) is 17.6 Å². The number of nitrogens with zero attached hydrogens (tertiary/aromatic N) is 3. The lowest BCUT2D eigenvalue weighted by Gasteiger charge is -2.28. The molecule has 0 radical (unpaired) electrons. The maximum atomic E-state index is 12.5. The summed E-state index contributed by atoms with van der Waals surface area (Å²) in [5, 5.41) is 9.28. The molecule has 0 aromatic carbocycles. The number of carbonyl (C=O) groups excluding carboxylic acids is 2. The number of aromatic nitrogens is 2. The van der Waals surface area contributed by atoms with Crippen LogP contribution in [0.15, 0.2) is 6.07 Å². The molecule has 0 atom stereocenters. The number of hydrogen-bond donors (Lipinski definition) is 1. The van der Waals surface area contributed by atoms with Crippen molar-refractivity contribution in [2.24, 2.45) is 0 Å². The zero-order valence-corrected chi connectivity index (χ0v) is 15.2. The lowest BCUT2D eigenvalue weighted by molar-refractivity contribution is 0.0429. The molecule has 134 valence electrons. The minimum atomic E-state index is -0.918. The Morgan fingerprint density at radius 1 is 1.04 bits per heavy atom. The van der Waals surface area contributed by atoms with Gasteiger partial charge in [0.25, 0.3) is 0 Å². The van der Waals surface area contributed by atoms with Crippen LogP contribution in [0.2, 0.25) is 0 Å². The first kappa shape index (κ1) is 19.8. The van der Waals surface area contributed by atoms with E-state index in [0.29, 0.717) is 10.7 Å². The zero-order chi connectivity index (χ0) is 18.7. The van der Waals surface area contributed by atoms with Crippen LogP contribution in [0.5, 0.6) is 0 Å². The summed E-state index contributed by atoms with van der Waals surface area (Å²) in [4.78, 5) is 33.8. The number of ether oxygens (including phenoxy) is 2. The van der Waals surface area contributed by atoms with Crippen molar-refractivity contribution in [2.45, 2.75) is 66.3 Å². The Labute approximate surface area is 141 Å². The van der Waals surface area contributed by atoms with Crippen LogP contribution in [-0.4, -0.2) is 38.5 Å². The molecule has 0 aliphatic heterocycles. The van der Waals surface area contributed by atoms with Gasteiger partial charge in [-0.2, -0.15) is 4.90 Å². The molecule has 24 heavy (non-hydrogen) atoms. The van der Waals surface area contributed by atoms with Crippen LogP contribution in [-0.2, 0) is 16.1 Å². The second-order valence-corrected chi connectivity index (χ2v) is 7.22. The Balaban J connectivity index is 3.30. The normalized spacial score (nSPS) is 11.8. The van der Waals surface area contributed by atoms with Gasteiger partial charge in [0, 0.05) is 6.07 Å². The number of aliphatic hydroxyl groups is 1. The molecule has 2 amide bonds. The van der Waals surface area contributed by atoms with Crippen LogP contribution in [0, 0.1) is 6.92 Å². The van der Waals surface area contributed by atoms with E-state index in [2.05, 4.69) is 9.97 Å². The Morgan fingerprint density at radius 3 is 1.88 bits per heavy atom. The van der Waals surface area contributed by atoms with E-state index in [9.17, 15) is 14.7 Å². The Bertz CT molecular complexity index is 589. The van der Waals surface area contributed by atoms with Crippen LogP contribution in [0.4, 0.5) is 15.4 Å². The van der Waals surface area contributed by atoms with Gasteiger partial charge in [-0.25, -0.2) is 19.6 Å². The van der Waals surface area contributed by atoms with Crippen molar-refractivity contribution >= 4 is 18.0 Å². The van der Waals surface area contributed by atoms with Gasteiger partial charge in [0.2, 0.25) is 0 Å². The van der Waals surface area contributed by atoms with Crippen molar-refractivity contribution in [2.75, 3.05) is 4.90 Å². The monoisotopic (exact) mass is 339 g/mol. The number of amides is 2. The van der Waals surface area contributed by atoms with Crippen LogP contribution < -0.4 is 4.90 Å². The summed E-state index contributed by atoms with van der Waals surface area (Å²) < 4.78 is 10.5. The smallest absolute Gasteiger partial charge is 0.425 e. The van der Waals surface area contributed by atoms with Crippen molar-refractivity contribution in [1.29, 1.82) is 0 Å². The van der Waals surface area contributed by atoms with Crippen LogP contribution >= 0.6 is 0 Å². The molecule has 0 spiro atoms. The summed E-state index contributed by atoms with van der Waals surface area (Å²) in [5.41, 5.74) is -1.34. The number of imide groups is 1.